The first-order valence-electron chi connectivity index (χ1n) is 19.3. The lowest BCUT2D eigenvalue weighted by atomic mass is 9.94. The molecule has 3 aromatic heterocycles. The van der Waals surface area contributed by atoms with Crippen LogP contribution < -0.4 is 5.32 Å². The normalized spacial score (nSPS) is 14.2. The minimum Gasteiger partial charge on any atom is -0.444 e. The Morgan fingerprint density at radius 3 is 2.47 bits per heavy atom. The van der Waals surface area contributed by atoms with E-state index in [0.29, 0.717) is 64.7 Å². The second-order valence-electron chi connectivity index (χ2n) is 15.4. The topological polar surface area (TPSA) is 150 Å². The summed E-state index contributed by atoms with van der Waals surface area (Å²) in [6, 6.07) is 14.6. The fraction of sp³-hybridized carbons (Fsp3) is 0.372. The Hall–Kier alpha value is -4.94. The molecule has 5 aromatic rings. The molecule has 6 rings (SSSR count). The Labute approximate surface area is 362 Å². The molecule has 0 aliphatic carbocycles. The summed E-state index contributed by atoms with van der Waals surface area (Å²) in [5, 5.41) is 18.6. The minimum absolute atomic E-state index is 0.00778. The zero-order valence-corrected chi connectivity index (χ0v) is 36.7. The van der Waals surface area contributed by atoms with Crippen molar-refractivity contribution in [2.45, 2.75) is 81.3 Å². The van der Waals surface area contributed by atoms with Crippen LogP contribution in [0.2, 0.25) is 10.0 Å². The molecule has 0 radical (unpaired) electrons. The van der Waals surface area contributed by atoms with Crippen LogP contribution in [-0.4, -0.2) is 67.4 Å². The maximum absolute atomic E-state index is 13.5. The molecule has 12 nitrogen and oxygen atoms in total. The predicted molar refractivity (Wildman–Crippen MR) is 233 cm³/mol. The molecule has 1 N–H and O–H groups in total. The predicted octanol–water partition coefficient (Wildman–Crippen LogP) is 9.68. The third-order valence-electron chi connectivity index (χ3n) is 10.1. The number of oxazole rings is 1. The highest BCUT2D eigenvalue weighted by atomic mass is 35.5. The van der Waals surface area contributed by atoms with Crippen LogP contribution in [0.3, 0.4) is 0 Å². The number of thioether (sulfide) groups is 1. The number of piperidine rings is 1. The van der Waals surface area contributed by atoms with Crippen molar-refractivity contribution in [3.63, 3.8) is 0 Å². The molecule has 1 aliphatic rings. The number of rotatable bonds is 14. The molecule has 1 saturated heterocycles. The summed E-state index contributed by atoms with van der Waals surface area (Å²) in [6.07, 6.45) is 11.3. The van der Waals surface area contributed by atoms with Crippen LogP contribution in [0.25, 0.3) is 17.2 Å². The highest BCUT2D eigenvalue weighted by Gasteiger charge is 2.29. The van der Waals surface area contributed by atoms with E-state index in [2.05, 4.69) is 48.1 Å². The molecule has 2 aromatic carbocycles. The summed E-state index contributed by atoms with van der Waals surface area (Å²) in [7, 11) is 1.71. The fourth-order valence-electron chi connectivity index (χ4n) is 6.67. The van der Waals surface area contributed by atoms with E-state index in [1.54, 1.807) is 70.1 Å². The number of nitrogens with one attached hydrogen (secondary N) is 1. The maximum atomic E-state index is 13.5. The van der Waals surface area contributed by atoms with Crippen molar-refractivity contribution in [1.82, 2.24) is 29.5 Å². The van der Waals surface area contributed by atoms with E-state index in [1.807, 2.05) is 36.5 Å². The van der Waals surface area contributed by atoms with Gasteiger partial charge in [0.15, 0.2) is 5.13 Å². The van der Waals surface area contributed by atoms with Gasteiger partial charge in [-0.25, -0.2) is 9.97 Å². The lowest BCUT2D eigenvalue weighted by molar-refractivity contribution is -0.135. The van der Waals surface area contributed by atoms with Crippen molar-refractivity contribution in [2.24, 2.45) is 5.92 Å². The van der Waals surface area contributed by atoms with Crippen molar-refractivity contribution >= 4 is 75.2 Å². The third kappa shape index (κ3) is 11.2. The van der Waals surface area contributed by atoms with Gasteiger partial charge in [-0.05, 0) is 54.2 Å². The van der Waals surface area contributed by atoms with Crippen molar-refractivity contribution in [1.29, 1.82) is 5.26 Å². The number of nitrogens with zero attached hydrogens (tertiary/aromatic N) is 7. The van der Waals surface area contributed by atoms with Crippen LogP contribution in [0.4, 0.5) is 5.13 Å². The number of aromatic nitrogens is 4. The number of anilines is 1. The Balaban J connectivity index is 0.980. The monoisotopic (exact) mass is 872 g/mol. The zero-order chi connectivity index (χ0) is 42.3. The van der Waals surface area contributed by atoms with E-state index in [4.69, 9.17) is 27.6 Å². The SMILES string of the molecule is CCCC(c1ccc(-c2cnn(CC(=O)N3CCC(C(=O)Nc4ncc(SCc5ncc(C(C)(C)C)o5)s4)CC3)c2)cc1)N(C)C(=O)/C(C#N)=C/c1ccc(Cl)c(Cl)c1. The molecular weight excluding hydrogens is 828 g/mol. The minimum atomic E-state index is -0.394. The van der Waals surface area contributed by atoms with Crippen molar-refractivity contribution < 1.29 is 18.8 Å². The third-order valence-corrected chi connectivity index (χ3v) is 12.9. The first-order valence-corrected chi connectivity index (χ1v) is 21.9. The largest absolute Gasteiger partial charge is 0.444 e. The number of likely N-dealkylation sites (N-methyl/N-ethyl adjacent to an activating group) is 1. The molecule has 0 saturated carbocycles. The number of hydrogen-bond donors (Lipinski definition) is 1. The number of likely N-dealkylation sites (tertiary alicyclic amines) is 1. The summed E-state index contributed by atoms with van der Waals surface area (Å²) in [5.41, 5.74) is 3.19. The van der Waals surface area contributed by atoms with Crippen molar-refractivity contribution in [2.75, 3.05) is 25.5 Å². The lowest BCUT2D eigenvalue weighted by Crippen LogP contribution is -2.42. The van der Waals surface area contributed by atoms with Crippen LogP contribution in [0, 0.1) is 17.2 Å². The molecule has 0 spiro atoms. The summed E-state index contributed by atoms with van der Waals surface area (Å²) < 4.78 is 8.46. The van der Waals surface area contributed by atoms with Gasteiger partial charge in [0.05, 0.1) is 44.6 Å². The van der Waals surface area contributed by atoms with Gasteiger partial charge in [0.25, 0.3) is 5.91 Å². The van der Waals surface area contributed by atoms with Gasteiger partial charge in [-0.15, -0.1) is 11.8 Å². The fourth-order valence-corrected chi connectivity index (χ4v) is 8.71. The van der Waals surface area contributed by atoms with E-state index >= 15 is 0 Å². The summed E-state index contributed by atoms with van der Waals surface area (Å²) in [6.45, 7) is 9.34. The van der Waals surface area contributed by atoms with Gasteiger partial charge >= 0.3 is 0 Å². The first kappa shape index (κ1) is 43.6. The molecule has 59 heavy (non-hydrogen) atoms. The Morgan fingerprint density at radius 1 is 1.07 bits per heavy atom. The number of halogens is 2. The van der Waals surface area contributed by atoms with E-state index in [1.165, 1.54) is 17.4 Å². The van der Waals surface area contributed by atoms with E-state index in [9.17, 15) is 19.6 Å². The van der Waals surface area contributed by atoms with Gasteiger partial charge in [-0.3, -0.25) is 19.1 Å². The number of carbonyl (C=O) groups excluding carboxylic acids is 3. The Morgan fingerprint density at radius 2 is 1.81 bits per heavy atom. The standard InChI is InChI=1S/C43H46Cl2N8O4S2/c1-6-7-35(51(5)41(56)31(20-46)18-27-8-13-33(44)34(45)19-27)29-11-9-28(10-12-29)32-21-49-53(24-32)25-38(54)52-16-14-30(15-17-52)40(55)50-42-48-23-39(59-42)58-26-37-47-22-36(57-37)43(2,3)4/h8-13,18-19,21-24,30,35H,6-7,14-17,25-26H2,1-5H3,(H,48,50,55)/b31-18+. The van der Waals surface area contributed by atoms with Gasteiger partial charge < -0.3 is 19.5 Å². The smallest absolute Gasteiger partial charge is 0.264 e. The number of thiazole rings is 1. The maximum Gasteiger partial charge on any atom is 0.264 e. The zero-order valence-electron chi connectivity index (χ0n) is 33.6. The highest BCUT2D eigenvalue weighted by molar-refractivity contribution is 8.00. The van der Waals surface area contributed by atoms with Crippen LogP contribution in [0.5, 0.6) is 0 Å². The molecule has 16 heteroatoms. The molecule has 4 heterocycles. The van der Waals surface area contributed by atoms with Gasteiger partial charge in [-0.1, -0.05) is 99.0 Å². The van der Waals surface area contributed by atoms with Crippen molar-refractivity contribution in [3.8, 4) is 17.2 Å². The number of benzene rings is 2. The van der Waals surface area contributed by atoms with Gasteiger partial charge in [0.1, 0.15) is 23.9 Å². The molecule has 1 fully saturated rings. The molecule has 1 aliphatic heterocycles. The Kier molecular flexibility index (Phi) is 14.4. The lowest BCUT2D eigenvalue weighted by Gasteiger charge is -2.31. The molecule has 1 atom stereocenters. The molecule has 1 unspecified atom stereocenters. The summed E-state index contributed by atoms with van der Waals surface area (Å²) in [5.74, 6) is 1.32. The number of carbonyl (C=O) groups is 3. The van der Waals surface area contributed by atoms with E-state index in [-0.39, 0.29) is 41.3 Å². The van der Waals surface area contributed by atoms with Gasteiger partial charge in [0.2, 0.25) is 17.7 Å². The average Bonchev–Trinajstić information content (AvgIpc) is 4.01. The molecule has 0 bridgehead atoms. The number of nitriles is 1. The van der Waals surface area contributed by atoms with Crippen LogP contribution in [-0.2, 0) is 32.1 Å². The molecule has 308 valence electrons. The molecule has 3 amide bonds. The Bertz CT molecular complexity index is 2350. The number of hydrogen-bond acceptors (Lipinski definition) is 10. The van der Waals surface area contributed by atoms with Crippen LogP contribution in [0.15, 0.2) is 81.5 Å². The van der Waals surface area contributed by atoms with Crippen LogP contribution >= 0.6 is 46.3 Å². The van der Waals surface area contributed by atoms with E-state index in [0.717, 1.165) is 33.1 Å². The van der Waals surface area contributed by atoms with Crippen LogP contribution in [0.1, 0.15) is 82.2 Å². The quantitative estimate of drug-likeness (QED) is 0.0654. The molecular formula is C43H46Cl2N8O4S2. The van der Waals surface area contributed by atoms with Gasteiger partial charge in [-0.2, -0.15) is 10.4 Å². The number of amides is 3. The second-order valence-corrected chi connectivity index (χ2v) is 18.5. The highest BCUT2D eigenvalue weighted by Crippen LogP contribution is 2.33. The average molecular weight is 874 g/mol. The summed E-state index contributed by atoms with van der Waals surface area (Å²) in [4.78, 5) is 52.0. The van der Waals surface area contributed by atoms with E-state index < -0.39 is 5.91 Å². The first-order chi connectivity index (χ1) is 28.2. The van der Waals surface area contributed by atoms with Crippen molar-refractivity contribution in [3.05, 3.63) is 106 Å². The van der Waals surface area contributed by atoms with Gasteiger partial charge in [0, 0.05) is 43.2 Å². The second kappa shape index (κ2) is 19.4. The summed E-state index contributed by atoms with van der Waals surface area (Å²) >= 11 is 15.2.